The summed E-state index contributed by atoms with van der Waals surface area (Å²) in [5, 5.41) is 21.1. The number of fused-ring (bicyclic) bond motifs is 3. The van der Waals surface area contributed by atoms with Crippen LogP contribution in [0.2, 0.25) is 0 Å². The number of aromatic nitrogens is 1. The van der Waals surface area contributed by atoms with Crippen molar-refractivity contribution in [2.45, 2.75) is 12.8 Å². The molecule has 0 saturated carbocycles. The topological polar surface area (TPSA) is 45.4 Å². The van der Waals surface area contributed by atoms with Crippen molar-refractivity contribution in [3.8, 4) is 0 Å². The number of allylic oxidation sites excluding steroid dienone is 4. The van der Waals surface area contributed by atoms with E-state index in [1.54, 1.807) is 0 Å². The third-order valence-corrected chi connectivity index (χ3v) is 4.36. The van der Waals surface area contributed by atoms with Gasteiger partial charge in [-0.3, -0.25) is 0 Å². The van der Waals surface area contributed by atoms with Crippen LogP contribution in [-0.2, 0) is 0 Å². The molecule has 1 aromatic heterocycles. The molecule has 1 aliphatic carbocycles. The molecule has 0 aliphatic heterocycles. The minimum atomic E-state index is -1.35. The van der Waals surface area contributed by atoms with E-state index in [-0.39, 0.29) is 0 Å². The first-order chi connectivity index (χ1) is 10.8. The monoisotopic (exact) mass is 289 g/mol. The van der Waals surface area contributed by atoms with Gasteiger partial charge in [0.2, 0.25) is 0 Å². The zero-order chi connectivity index (χ0) is 15.1. The molecular formula is C18H16BNO2. The zero-order valence-corrected chi connectivity index (χ0v) is 12.1. The summed E-state index contributed by atoms with van der Waals surface area (Å²) < 4.78 is 2.28. The maximum absolute atomic E-state index is 9.29. The second-order valence-electron chi connectivity index (χ2n) is 5.64. The minimum Gasteiger partial charge on any atom is -0.423 e. The summed E-state index contributed by atoms with van der Waals surface area (Å²) in [6.07, 6.45) is 5.29. The van der Waals surface area contributed by atoms with E-state index in [1.165, 1.54) is 27.5 Å². The number of benzene rings is 2. The van der Waals surface area contributed by atoms with Crippen molar-refractivity contribution in [3.63, 3.8) is 0 Å². The molecule has 0 unspecified atom stereocenters. The predicted molar refractivity (Wildman–Crippen MR) is 91.2 cm³/mol. The summed E-state index contributed by atoms with van der Waals surface area (Å²) >= 11 is 0. The summed E-state index contributed by atoms with van der Waals surface area (Å²) in [7, 11) is -1.35. The van der Waals surface area contributed by atoms with E-state index in [2.05, 4.69) is 53.1 Å². The first-order valence-corrected chi connectivity index (χ1v) is 7.50. The smallest absolute Gasteiger partial charge is 0.423 e. The van der Waals surface area contributed by atoms with Crippen LogP contribution in [0.1, 0.15) is 12.8 Å². The Morgan fingerprint density at radius 1 is 0.773 bits per heavy atom. The van der Waals surface area contributed by atoms with Crippen LogP contribution in [-0.4, -0.2) is 21.7 Å². The lowest BCUT2D eigenvalue weighted by Gasteiger charge is -2.17. The Morgan fingerprint density at radius 2 is 1.36 bits per heavy atom. The Labute approximate surface area is 128 Å². The molecule has 0 radical (unpaired) electrons. The molecule has 2 aromatic carbocycles. The molecule has 22 heavy (non-hydrogen) atoms. The Bertz CT molecular complexity index is 868. The Morgan fingerprint density at radius 3 is 1.86 bits per heavy atom. The molecule has 108 valence electrons. The third-order valence-electron chi connectivity index (χ3n) is 4.36. The van der Waals surface area contributed by atoms with Gasteiger partial charge < -0.3 is 14.6 Å². The van der Waals surface area contributed by atoms with E-state index in [1.807, 2.05) is 12.2 Å². The van der Waals surface area contributed by atoms with Crippen LogP contribution >= 0.6 is 0 Å². The summed E-state index contributed by atoms with van der Waals surface area (Å²) in [5.74, 6) is 0. The maximum atomic E-state index is 9.29. The summed E-state index contributed by atoms with van der Waals surface area (Å²) in [6, 6.07) is 16.8. The highest BCUT2D eigenvalue weighted by Gasteiger charge is 2.19. The molecule has 4 rings (SSSR count). The van der Waals surface area contributed by atoms with Gasteiger partial charge >= 0.3 is 7.12 Å². The summed E-state index contributed by atoms with van der Waals surface area (Å²) in [6.45, 7) is 0. The molecular weight excluding hydrogens is 273 g/mol. The average Bonchev–Trinajstić information content (AvgIpc) is 2.89. The van der Waals surface area contributed by atoms with Crippen LogP contribution in [0.5, 0.6) is 0 Å². The number of nitrogens with zero attached hydrogens (tertiary/aromatic N) is 1. The highest BCUT2D eigenvalue weighted by Crippen LogP contribution is 2.34. The van der Waals surface area contributed by atoms with Crippen molar-refractivity contribution >= 4 is 34.6 Å². The van der Waals surface area contributed by atoms with Gasteiger partial charge in [0.1, 0.15) is 0 Å². The number of rotatable bonds is 2. The zero-order valence-electron chi connectivity index (χ0n) is 12.1. The lowest BCUT2D eigenvalue weighted by Crippen LogP contribution is -2.17. The molecule has 0 spiro atoms. The molecule has 0 bridgehead atoms. The van der Waals surface area contributed by atoms with Crippen LogP contribution in [0.3, 0.4) is 0 Å². The summed E-state index contributed by atoms with van der Waals surface area (Å²) in [5.41, 5.74) is 4.24. The highest BCUT2D eigenvalue weighted by atomic mass is 16.4. The standard InChI is InChI=1S/C18H16BNO2/c21-19(22)13-9-11-14(12-10-13)20-17-7-3-1-5-15(17)16-6-2-4-8-18(16)20/h1-9,11,21-22H,10,12H2. The number of para-hydroxylation sites is 2. The van der Waals surface area contributed by atoms with Crippen LogP contribution in [0.15, 0.2) is 66.2 Å². The van der Waals surface area contributed by atoms with Gasteiger partial charge in [-0.05, 0) is 36.5 Å². The van der Waals surface area contributed by atoms with Gasteiger partial charge in [-0.2, -0.15) is 0 Å². The van der Waals surface area contributed by atoms with E-state index in [0.29, 0.717) is 11.9 Å². The van der Waals surface area contributed by atoms with E-state index in [9.17, 15) is 10.0 Å². The van der Waals surface area contributed by atoms with Crippen molar-refractivity contribution in [1.82, 2.24) is 4.57 Å². The lowest BCUT2D eigenvalue weighted by molar-refractivity contribution is 0.416. The second-order valence-corrected chi connectivity index (χ2v) is 5.64. The van der Waals surface area contributed by atoms with Gasteiger partial charge in [0, 0.05) is 16.5 Å². The fraction of sp³-hybridized carbons (Fsp3) is 0.111. The third kappa shape index (κ3) is 2.00. The number of hydrogen-bond donors (Lipinski definition) is 2. The van der Waals surface area contributed by atoms with Gasteiger partial charge in [0.25, 0.3) is 0 Å². The fourth-order valence-corrected chi connectivity index (χ4v) is 3.28. The van der Waals surface area contributed by atoms with Gasteiger partial charge in [0.15, 0.2) is 0 Å². The molecule has 0 atom stereocenters. The Balaban J connectivity index is 1.98. The van der Waals surface area contributed by atoms with Crippen molar-refractivity contribution in [2.24, 2.45) is 0 Å². The first kappa shape index (κ1) is 13.4. The van der Waals surface area contributed by atoms with E-state index < -0.39 is 7.12 Å². The van der Waals surface area contributed by atoms with Crippen LogP contribution in [0.4, 0.5) is 0 Å². The van der Waals surface area contributed by atoms with Crippen molar-refractivity contribution in [1.29, 1.82) is 0 Å². The highest BCUT2D eigenvalue weighted by molar-refractivity contribution is 6.50. The van der Waals surface area contributed by atoms with Crippen LogP contribution < -0.4 is 0 Å². The quantitative estimate of drug-likeness (QED) is 0.710. The van der Waals surface area contributed by atoms with Crippen molar-refractivity contribution < 1.29 is 10.0 Å². The van der Waals surface area contributed by atoms with Crippen LogP contribution in [0.25, 0.3) is 27.5 Å². The lowest BCUT2D eigenvalue weighted by atomic mass is 9.74. The SMILES string of the molecule is OB(O)C1=CC=C(n2c3ccccc3c3ccccc32)CC1. The molecule has 0 amide bonds. The van der Waals surface area contributed by atoms with E-state index in [4.69, 9.17) is 0 Å². The van der Waals surface area contributed by atoms with Crippen LogP contribution in [0, 0.1) is 0 Å². The molecule has 3 aromatic rings. The van der Waals surface area contributed by atoms with Gasteiger partial charge in [0.05, 0.1) is 11.0 Å². The van der Waals surface area contributed by atoms with Gasteiger partial charge in [-0.1, -0.05) is 42.5 Å². The largest absolute Gasteiger partial charge is 0.484 e. The van der Waals surface area contributed by atoms with Crippen molar-refractivity contribution in [2.75, 3.05) is 0 Å². The fourth-order valence-electron chi connectivity index (χ4n) is 3.28. The molecule has 1 heterocycles. The first-order valence-electron chi connectivity index (χ1n) is 7.50. The Kier molecular flexibility index (Phi) is 3.14. The second kappa shape index (κ2) is 5.16. The number of hydrogen-bond acceptors (Lipinski definition) is 2. The predicted octanol–water partition coefficient (Wildman–Crippen LogP) is 3.37. The molecule has 0 fully saturated rings. The van der Waals surface area contributed by atoms with Gasteiger partial charge in [-0.15, -0.1) is 0 Å². The molecule has 4 heteroatoms. The van der Waals surface area contributed by atoms with Crippen molar-refractivity contribution in [3.05, 3.63) is 66.2 Å². The molecule has 2 N–H and O–H groups in total. The molecule has 1 aliphatic rings. The Hall–Kier alpha value is -2.30. The molecule has 0 saturated heterocycles. The summed E-state index contributed by atoms with van der Waals surface area (Å²) in [4.78, 5) is 0. The normalized spacial score (nSPS) is 15.0. The van der Waals surface area contributed by atoms with E-state index >= 15 is 0 Å². The average molecular weight is 289 g/mol. The van der Waals surface area contributed by atoms with E-state index in [0.717, 1.165) is 6.42 Å². The molecule has 3 nitrogen and oxygen atoms in total. The maximum Gasteiger partial charge on any atom is 0.484 e. The van der Waals surface area contributed by atoms with Gasteiger partial charge in [-0.25, -0.2) is 0 Å². The minimum absolute atomic E-state index is 0.671.